The van der Waals surface area contributed by atoms with Crippen molar-refractivity contribution in [2.45, 2.75) is 44.2 Å². The summed E-state index contributed by atoms with van der Waals surface area (Å²) in [6.07, 6.45) is 0.917. The zero-order valence-corrected chi connectivity index (χ0v) is 26.9. The number of aryl methyl sites for hydroxylation is 1. The maximum absolute atomic E-state index is 14.5. The van der Waals surface area contributed by atoms with Crippen LogP contribution in [0.2, 0.25) is 10.0 Å². The summed E-state index contributed by atoms with van der Waals surface area (Å²) >= 11 is 12.7. The fourth-order valence-corrected chi connectivity index (χ4v) is 6.80. The Balaban J connectivity index is 1.82. The third-order valence-corrected chi connectivity index (χ3v) is 9.53. The van der Waals surface area contributed by atoms with Crippen LogP contribution in [0, 0.1) is 6.92 Å². The van der Waals surface area contributed by atoms with Crippen molar-refractivity contribution in [3.63, 3.8) is 0 Å². The molecule has 0 aromatic heterocycles. The van der Waals surface area contributed by atoms with Gasteiger partial charge in [-0.25, -0.2) is 8.42 Å². The minimum absolute atomic E-state index is 0.0428. The molecule has 0 bridgehead atoms. The van der Waals surface area contributed by atoms with E-state index >= 15 is 0 Å². The summed E-state index contributed by atoms with van der Waals surface area (Å²) in [6, 6.07) is 28.3. The van der Waals surface area contributed by atoms with Crippen LogP contribution in [-0.4, -0.2) is 44.3 Å². The van der Waals surface area contributed by atoms with Gasteiger partial charge in [-0.05, 0) is 60.4 Å². The summed E-state index contributed by atoms with van der Waals surface area (Å²) in [5.41, 5.74) is 2.45. The standard InChI is InChI=1S/C34H35Cl2N3O4S/c1-3-20-37-34(41)32(21-26-13-6-4-7-14-26)38(23-27-18-19-28(35)22-30(27)36)33(40)24-39(31-17-11-10-12-25(31)2)44(42,43)29-15-8-5-9-16-29/h4-19,22,32H,3,20-21,23-24H2,1-2H3,(H,37,41). The van der Waals surface area contributed by atoms with E-state index in [9.17, 15) is 18.0 Å². The molecule has 0 saturated carbocycles. The zero-order valence-electron chi connectivity index (χ0n) is 24.6. The lowest BCUT2D eigenvalue weighted by atomic mass is 10.0. The predicted molar refractivity (Wildman–Crippen MR) is 176 cm³/mol. The van der Waals surface area contributed by atoms with Crippen LogP contribution in [0.1, 0.15) is 30.0 Å². The number of nitrogens with one attached hydrogen (secondary N) is 1. The molecule has 0 spiro atoms. The molecule has 4 aromatic carbocycles. The Bertz CT molecular complexity index is 1690. The number of rotatable bonds is 13. The van der Waals surface area contributed by atoms with E-state index < -0.39 is 28.5 Å². The van der Waals surface area contributed by atoms with Crippen LogP contribution in [0.3, 0.4) is 0 Å². The lowest BCUT2D eigenvalue weighted by Crippen LogP contribution is -2.53. The Morgan fingerprint density at radius 2 is 1.50 bits per heavy atom. The van der Waals surface area contributed by atoms with Gasteiger partial charge in [0.05, 0.1) is 10.6 Å². The van der Waals surface area contributed by atoms with Gasteiger partial charge >= 0.3 is 0 Å². The smallest absolute Gasteiger partial charge is 0.264 e. The third kappa shape index (κ3) is 8.20. The van der Waals surface area contributed by atoms with Gasteiger partial charge in [-0.15, -0.1) is 0 Å². The van der Waals surface area contributed by atoms with Crippen molar-refractivity contribution in [2.24, 2.45) is 0 Å². The van der Waals surface area contributed by atoms with E-state index in [4.69, 9.17) is 23.2 Å². The average Bonchev–Trinajstić information content (AvgIpc) is 3.02. The number of carbonyl (C=O) groups is 2. The molecule has 10 heteroatoms. The topological polar surface area (TPSA) is 86.8 Å². The highest BCUT2D eigenvalue weighted by Gasteiger charge is 2.35. The fraction of sp³-hybridized carbons (Fsp3) is 0.235. The molecule has 230 valence electrons. The number of nitrogens with zero attached hydrogens (tertiary/aromatic N) is 2. The molecule has 2 amide bonds. The van der Waals surface area contributed by atoms with Crippen LogP contribution in [-0.2, 0) is 32.6 Å². The van der Waals surface area contributed by atoms with Gasteiger partial charge in [0.1, 0.15) is 12.6 Å². The number of anilines is 1. The second-order valence-electron chi connectivity index (χ2n) is 10.4. The maximum atomic E-state index is 14.5. The summed E-state index contributed by atoms with van der Waals surface area (Å²) in [5.74, 6) is -0.908. The summed E-state index contributed by atoms with van der Waals surface area (Å²) in [4.78, 5) is 29.7. The molecule has 4 rings (SSSR count). The highest BCUT2D eigenvalue weighted by atomic mass is 35.5. The average molecular weight is 653 g/mol. The van der Waals surface area contributed by atoms with Crippen molar-refractivity contribution in [3.05, 3.63) is 130 Å². The molecule has 4 aromatic rings. The number of amides is 2. The normalized spacial score (nSPS) is 11.9. The number of halogens is 2. The molecular formula is C34H35Cl2N3O4S. The predicted octanol–water partition coefficient (Wildman–Crippen LogP) is 6.66. The van der Waals surface area contributed by atoms with E-state index in [2.05, 4.69) is 5.32 Å². The summed E-state index contributed by atoms with van der Waals surface area (Å²) in [5, 5.41) is 3.69. The lowest BCUT2D eigenvalue weighted by Gasteiger charge is -2.34. The highest BCUT2D eigenvalue weighted by Crippen LogP contribution is 2.29. The first-order valence-electron chi connectivity index (χ1n) is 14.3. The van der Waals surface area contributed by atoms with E-state index in [0.29, 0.717) is 39.8 Å². The van der Waals surface area contributed by atoms with E-state index in [1.807, 2.05) is 37.3 Å². The largest absolute Gasteiger partial charge is 0.354 e. The number of hydrogen-bond donors (Lipinski definition) is 1. The van der Waals surface area contributed by atoms with Crippen molar-refractivity contribution in [1.29, 1.82) is 0 Å². The molecule has 44 heavy (non-hydrogen) atoms. The van der Waals surface area contributed by atoms with Crippen molar-refractivity contribution in [2.75, 3.05) is 17.4 Å². The SMILES string of the molecule is CCCNC(=O)C(Cc1ccccc1)N(Cc1ccc(Cl)cc1Cl)C(=O)CN(c1ccccc1C)S(=O)(=O)c1ccccc1. The minimum atomic E-state index is -4.17. The molecular weight excluding hydrogens is 617 g/mol. The van der Waals surface area contributed by atoms with Crippen molar-refractivity contribution in [3.8, 4) is 0 Å². The molecule has 0 radical (unpaired) electrons. The zero-order chi connectivity index (χ0) is 31.7. The Kier molecular flexibility index (Phi) is 11.4. The van der Waals surface area contributed by atoms with Crippen LogP contribution < -0.4 is 9.62 Å². The van der Waals surface area contributed by atoms with Gasteiger partial charge in [0.25, 0.3) is 10.0 Å². The highest BCUT2D eigenvalue weighted by molar-refractivity contribution is 7.92. The first-order valence-corrected chi connectivity index (χ1v) is 16.5. The van der Waals surface area contributed by atoms with Crippen molar-refractivity contribution < 1.29 is 18.0 Å². The first-order chi connectivity index (χ1) is 21.1. The number of carbonyl (C=O) groups excluding carboxylic acids is 2. The monoisotopic (exact) mass is 651 g/mol. The molecule has 1 atom stereocenters. The van der Waals surface area contributed by atoms with Gasteiger partial charge in [-0.1, -0.05) is 103 Å². The fourth-order valence-electron chi connectivity index (χ4n) is 4.83. The Morgan fingerprint density at radius 3 is 2.14 bits per heavy atom. The number of hydrogen-bond acceptors (Lipinski definition) is 4. The van der Waals surface area contributed by atoms with E-state index in [1.54, 1.807) is 67.6 Å². The van der Waals surface area contributed by atoms with Crippen molar-refractivity contribution in [1.82, 2.24) is 10.2 Å². The number of sulfonamides is 1. The molecule has 0 aliphatic carbocycles. The summed E-state index contributed by atoms with van der Waals surface area (Å²) < 4.78 is 29.2. The Morgan fingerprint density at radius 1 is 0.864 bits per heavy atom. The molecule has 0 aliphatic rings. The first kappa shape index (κ1) is 33.1. The number of para-hydroxylation sites is 1. The van der Waals surface area contributed by atoms with E-state index in [1.165, 1.54) is 17.0 Å². The van der Waals surface area contributed by atoms with Crippen LogP contribution in [0.15, 0.2) is 108 Å². The van der Waals surface area contributed by atoms with Gasteiger partial charge in [-0.2, -0.15) is 0 Å². The molecule has 1 N–H and O–H groups in total. The molecule has 0 heterocycles. The van der Waals surface area contributed by atoms with Crippen LogP contribution in [0.4, 0.5) is 5.69 Å². The quantitative estimate of drug-likeness (QED) is 0.175. The lowest BCUT2D eigenvalue weighted by molar-refractivity contribution is -0.140. The second kappa shape index (κ2) is 15.2. The van der Waals surface area contributed by atoms with E-state index in [-0.39, 0.29) is 23.8 Å². The van der Waals surface area contributed by atoms with Gasteiger partial charge in [0, 0.05) is 29.6 Å². The molecule has 0 fully saturated rings. The van der Waals surface area contributed by atoms with Gasteiger partial charge in [0.2, 0.25) is 11.8 Å². The van der Waals surface area contributed by atoms with Crippen molar-refractivity contribution >= 4 is 50.7 Å². The number of benzene rings is 4. The van der Waals surface area contributed by atoms with Crippen LogP contribution >= 0.6 is 23.2 Å². The Hall–Kier alpha value is -3.85. The van der Waals surface area contributed by atoms with Gasteiger partial charge in [-0.3, -0.25) is 13.9 Å². The molecule has 0 saturated heterocycles. The Labute approximate surface area is 269 Å². The molecule has 0 aliphatic heterocycles. The third-order valence-electron chi connectivity index (χ3n) is 7.17. The summed E-state index contributed by atoms with van der Waals surface area (Å²) in [7, 11) is -4.17. The maximum Gasteiger partial charge on any atom is 0.264 e. The van der Waals surface area contributed by atoms with E-state index in [0.717, 1.165) is 9.87 Å². The molecule has 1 unspecified atom stereocenters. The van der Waals surface area contributed by atoms with Gasteiger partial charge in [0.15, 0.2) is 0 Å². The van der Waals surface area contributed by atoms with Gasteiger partial charge < -0.3 is 10.2 Å². The minimum Gasteiger partial charge on any atom is -0.354 e. The van der Waals surface area contributed by atoms with Crippen LogP contribution in [0.5, 0.6) is 0 Å². The molecule has 7 nitrogen and oxygen atoms in total. The second-order valence-corrected chi connectivity index (χ2v) is 13.1. The summed E-state index contributed by atoms with van der Waals surface area (Å²) in [6.45, 7) is 3.57. The van der Waals surface area contributed by atoms with Crippen LogP contribution in [0.25, 0.3) is 0 Å².